The number of nitrogens with one attached hydrogen (secondary N) is 1. The lowest BCUT2D eigenvalue weighted by molar-refractivity contribution is -0.143. The minimum absolute atomic E-state index is 0.0655. The number of ether oxygens (including phenoxy) is 2. The van der Waals surface area contributed by atoms with Crippen LogP contribution in [0.4, 0.5) is 4.79 Å². The van der Waals surface area contributed by atoms with Crippen molar-refractivity contribution in [3.05, 3.63) is 0 Å². The van der Waals surface area contributed by atoms with Crippen LogP contribution < -0.4 is 5.32 Å². The van der Waals surface area contributed by atoms with Crippen LogP contribution in [-0.2, 0) is 14.3 Å². The smallest absolute Gasteiger partial charge is 0.407 e. The van der Waals surface area contributed by atoms with E-state index in [1.54, 1.807) is 6.92 Å². The highest BCUT2D eigenvalue weighted by molar-refractivity contribution is 5.70. The Morgan fingerprint density at radius 1 is 1.22 bits per heavy atom. The van der Waals surface area contributed by atoms with Gasteiger partial charge in [-0.1, -0.05) is 6.92 Å². The van der Waals surface area contributed by atoms with E-state index in [-0.39, 0.29) is 12.0 Å². The van der Waals surface area contributed by atoms with Gasteiger partial charge in [-0.2, -0.15) is 0 Å². The number of amides is 1. The molecule has 0 bridgehead atoms. The highest BCUT2D eigenvalue weighted by Gasteiger charge is 2.19. The maximum absolute atomic E-state index is 11.5. The number of alkyl carbamates (subject to hydrolysis) is 1. The molecule has 0 aliphatic heterocycles. The van der Waals surface area contributed by atoms with Gasteiger partial charge < -0.3 is 14.8 Å². The second-order valence-electron chi connectivity index (χ2n) is 5.10. The van der Waals surface area contributed by atoms with Crippen LogP contribution in [0.15, 0.2) is 0 Å². The average Bonchev–Trinajstić information content (AvgIpc) is 2.22. The Labute approximate surface area is 109 Å². The van der Waals surface area contributed by atoms with Crippen molar-refractivity contribution in [2.45, 2.75) is 65.5 Å². The summed E-state index contributed by atoms with van der Waals surface area (Å²) in [4.78, 5) is 22.8. The SMILES string of the molecule is CCOC(=O)CC[C@H](CC)NC(=O)OC(C)(C)C. The van der Waals surface area contributed by atoms with Crippen molar-refractivity contribution in [2.75, 3.05) is 6.61 Å². The van der Waals surface area contributed by atoms with E-state index in [9.17, 15) is 9.59 Å². The summed E-state index contributed by atoms with van der Waals surface area (Å²) in [7, 11) is 0. The molecule has 0 radical (unpaired) electrons. The third kappa shape index (κ3) is 8.84. The Bertz CT molecular complexity index is 271. The highest BCUT2D eigenvalue weighted by atomic mass is 16.6. The second-order valence-corrected chi connectivity index (χ2v) is 5.10. The van der Waals surface area contributed by atoms with Crippen molar-refractivity contribution < 1.29 is 19.1 Å². The minimum atomic E-state index is -0.510. The molecule has 5 heteroatoms. The van der Waals surface area contributed by atoms with Crippen molar-refractivity contribution in [3.8, 4) is 0 Å². The monoisotopic (exact) mass is 259 g/mol. The van der Waals surface area contributed by atoms with Crippen LogP contribution in [0.5, 0.6) is 0 Å². The van der Waals surface area contributed by atoms with Crippen molar-refractivity contribution in [1.29, 1.82) is 0 Å². The van der Waals surface area contributed by atoms with Crippen molar-refractivity contribution in [1.82, 2.24) is 5.32 Å². The quantitative estimate of drug-likeness (QED) is 0.745. The molecular weight excluding hydrogens is 234 g/mol. The first-order valence-corrected chi connectivity index (χ1v) is 6.43. The summed E-state index contributed by atoms with van der Waals surface area (Å²) in [5.74, 6) is -0.234. The molecular formula is C13H25NO4. The van der Waals surface area contributed by atoms with Crippen LogP contribution in [0.1, 0.15) is 53.9 Å². The molecule has 0 unspecified atom stereocenters. The van der Waals surface area contributed by atoms with E-state index in [0.717, 1.165) is 6.42 Å². The number of carbonyl (C=O) groups excluding carboxylic acids is 2. The normalized spacial score (nSPS) is 12.7. The molecule has 0 spiro atoms. The van der Waals surface area contributed by atoms with Crippen LogP contribution in [0.2, 0.25) is 0 Å². The molecule has 18 heavy (non-hydrogen) atoms. The van der Waals surface area contributed by atoms with Crippen LogP contribution in [0.25, 0.3) is 0 Å². The van der Waals surface area contributed by atoms with Gasteiger partial charge >= 0.3 is 12.1 Å². The zero-order valence-corrected chi connectivity index (χ0v) is 12.0. The Morgan fingerprint density at radius 3 is 2.28 bits per heavy atom. The van der Waals surface area contributed by atoms with E-state index < -0.39 is 11.7 Å². The molecule has 1 N–H and O–H groups in total. The van der Waals surface area contributed by atoms with Crippen LogP contribution in [0, 0.1) is 0 Å². The van der Waals surface area contributed by atoms with E-state index in [4.69, 9.17) is 9.47 Å². The molecule has 0 saturated heterocycles. The Balaban J connectivity index is 4.03. The number of hydrogen-bond acceptors (Lipinski definition) is 4. The van der Waals surface area contributed by atoms with E-state index >= 15 is 0 Å². The summed E-state index contributed by atoms with van der Waals surface area (Å²) in [5, 5.41) is 2.75. The Hall–Kier alpha value is -1.26. The van der Waals surface area contributed by atoms with Crippen LogP contribution in [-0.4, -0.2) is 30.3 Å². The predicted molar refractivity (Wildman–Crippen MR) is 69.3 cm³/mol. The molecule has 0 aliphatic carbocycles. The van der Waals surface area contributed by atoms with Gasteiger partial charge in [0.25, 0.3) is 0 Å². The molecule has 0 aromatic rings. The zero-order valence-electron chi connectivity index (χ0n) is 12.0. The standard InChI is InChI=1S/C13H25NO4/c1-6-10(8-9-11(15)17-7-2)14-12(16)18-13(3,4)5/h10H,6-9H2,1-5H3,(H,14,16)/t10-/m0/s1. The van der Waals surface area contributed by atoms with Crippen molar-refractivity contribution >= 4 is 12.1 Å². The molecule has 0 aliphatic rings. The molecule has 0 aromatic carbocycles. The average molecular weight is 259 g/mol. The van der Waals surface area contributed by atoms with Gasteiger partial charge in [0.05, 0.1) is 6.61 Å². The highest BCUT2D eigenvalue weighted by Crippen LogP contribution is 2.09. The number of esters is 1. The second kappa shape index (κ2) is 7.95. The van der Waals surface area contributed by atoms with Crippen molar-refractivity contribution in [3.63, 3.8) is 0 Å². The fourth-order valence-electron chi connectivity index (χ4n) is 1.38. The maximum Gasteiger partial charge on any atom is 0.407 e. The molecule has 0 saturated carbocycles. The van der Waals surface area contributed by atoms with E-state index in [1.165, 1.54) is 0 Å². The van der Waals surface area contributed by atoms with Gasteiger partial charge in [-0.25, -0.2) is 4.79 Å². The van der Waals surface area contributed by atoms with Gasteiger partial charge in [0.1, 0.15) is 5.60 Å². The molecule has 5 nitrogen and oxygen atoms in total. The largest absolute Gasteiger partial charge is 0.466 e. The number of rotatable bonds is 6. The third-order valence-electron chi connectivity index (χ3n) is 2.22. The van der Waals surface area contributed by atoms with Crippen LogP contribution in [0.3, 0.4) is 0 Å². The van der Waals surface area contributed by atoms with Gasteiger partial charge in [-0.3, -0.25) is 4.79 Å². The summed E-state index contributed by atoms with van der Waals surface area (Å²) >= 11 is 0. The minimum Gasteiger partial charge on any atom is -0.466 e. The first-order chi connectivity index (χ1) is 8.28. The lowest BCUT2D eigenvalue weighted by Gasteiger charge is -2.22. The lowest BCUT2D eigenvalue weighted by atomic mass is 10.1. The van der Waals surface area contributed by atoms with Gasteiger partial charge in [-0.05, 0) is 40.5 Å². The summed E-state index contributed by atoms with van der Waals surface area (Å²) in [6, 6.07) is -0.0655. The molecule has 0 rings (SSSR count). The lowest BCUT2D eigenvalue weighted by Crippen LogP contribution is -2.39. The molecule has 106 valence electrons. The summed E-state index contributed by atoms with van der Waals surface area (Å²) in [6.07, 6.45) is 1.17. The number of carbonyl (C=O) groups is 2. The topological polar surface area (TPSA) is 64.6 Å². The van der Waals surface area contributed by atoms with E-state index in [2.05, 4.69) is 5.32 Å². The zero-order chi connectivity index (χ0) is 14.2. The Morgan fingerprint density at radius 2 is 1.83 bits per heavy atom. The fraction of sp³-hybridized carbons (Fsp3) is 0.846. The maximum atomic E-state index is 11.5. The van der Waals surface area contributed by atoms with Gasteiger partial charge in [-0.15, -0.1) is 0 Å². The molecule has 1 atom stereocenters. The summed E-state index contributed by atoms with van der Waals surface area (Å²) in [5.41, 5.74) is -0.510. The van der Waals surface area contributed by atoms with E-state index in [0.29, 0.717) is 19.4 Å². The molecule has 0 aromatic heterocycles. The van der Waals surface area contributed by atoms with Gasteiger partial charge in [0.15, 0.2) is 0 Å². The van der Waals surface area contributed by atoms with Crippen LogP contribution >= 0.6 is 0 Å². The first-order valence-electron chi connectivity index (χ1n) is 6.43. The predicted octanol–water partition coefficient (Wildman–Crippen LogP) is 2.63. The van der Waals surface area contributed by atoms with Crippen molar-refractivity contribution in [2.24, 2.45) is 0 Å². The molecule has 1 amide bonds. The molecule has 0 heterocycles. The third-order valence-corrected chi connectivity index (χ3v) is 2.22. The number of hydrogen-bond donors (Lipinski definition) is 1. The fourth-order valence-corrected chi connectivity index (χ4v) is 1.38. The van der Waals surface area contributed by atoms with E-state index in [1.807, 2.05) is 27.7 Å². The summed E-state index contributed by atoms with van der Waals surface area (Å²) < 4.78 is 10.00. The summed E-state index contributed by atoms with van der Waals surface area (Å²) in [6.45, 7) is 9.54. The van der Waals surface area contributed by atoms with Gasteiger partial charge in [0, 0.05) is 12.5 Å². The van der Waals surface area contributed by atoms with Gasteiger partial charge in [0.2, 0.25) is 0 Å². The first kappa shape index (κ1) is 16.7. The molecule has 0 fully saturated rings. The Kier molecular flexibility index (Phi) is 7.39.